The Labute approximate surface area is 92.3 Å². The van der Waals surface area contributed by atoms with Gasteiger partial charge < -0.3 is 15.2 Å². The fraction of sp³-hybridized carbons (Fsp3) is 1.00. The van der Waals surface area contributed by atoms with Crippen LogP contribution in [-0.2, 0) is 9.47 Å². The quantitative estimate of drug-likeness (QED) is 0.773. The molecule has 0 spiro atoms. The second-order valence-electron chi connectivity index (χ2n) is 5.18. The second kappa shape index (κ2) is 4.04. The fourth-order valence-electron chi connectivity index (χ4n) is 3.20. The molecule has 0 aromatic heterocycles. The standard InChI is InChI=1S/C12H23NO2/c1-10(13)11(6-7-11)12(9-14-2)5-3-4-8-15-12/h10H,3-9,13H2,1-2H3. The van der Waals surface area contributed by atoms with Gasteiger partial charge in [0.1, 0.15) is 0 Å². The summed E-state index contributed by atoms with van der Waals surface area (Å²) in [4.78, 5) is 0. The lowest BCUT2D eigenvalue weighted by molar-refractivity contribution is -0.162. The van der Waals surface area contributed by atoms with Gasteiger partial charge >= 0.3 is 0 Å². The molecule has 1 saturated heterocycles. The maximum absolute atomic E-state index is 6.14. The Bertz CT molecular complexity index is 212. The van der Waals surface area contributed by atoms with E-state index in [-0.39, 0.29) is 17.1 Å². The van der Waals surface area contributed by atoms with Gasteiger partial charge in [-0.25, -0.2) is 0 Å². The molecule has 1 aliphatic carbocycles. The van der Waals surface area contributed by atoms with E-state index in [1.807, 2.05) is 0 Å². The van der Waals surface area contributed by atoms with Gasteiger partial charge in [0.25, 0.3) is 0 Å². The molecule has 1 saturated carbocycles. The van der Waals surface area contributed by atoms with Gasteiger partial charge in [-0.1, -0.05) is 0 Å². The summed E-state index contributed by atoms with van der Waals surface area (Å²) in [5.74, 6) is 0. The third-order valence-corrected chi connectivity index (χ3v) is 4.30. The lowest BCUT2D eigenvalue weighted by Crippen LogP contribution is -2.54. The van der Waals surface area contributed by atoms with Crippen LogP contribution in [-0.4, -0.2) is 32.0 Å². The van der Waals surface area contributed by atoms with Crippen molar-refractivity contribution >= 4 is 0 Å². The maximum atomic E-state index is 6.14. The molecule has 0 aromatic carbocycles. The molecule has 88 valence electrons. The third kappa shape index (κ3) is 1.71. The van der Waals surface area contributed by atoms with E-state index in [1.54, 1.807) is 7.11 Å². The topological polar surface area (TPSA) is 44.5 Å². The molecule has 2 atom stereocenters. The first-order chi connectivity index (χ1) is 7.17. The zero-order valence-electron chi connectivity index (χ0n) is 9.92. The predicted molar refractivity (Wildman–Crippen MR) is 59.7 cm³/mol. The number of ether oxygens (including phenoxy) is 2. The van der Waals surface area contributed by atoms with Crippen molar-refractivity contribution in [3.8, 4) is 0 Å². The van der Waals surface area contributed by atoms with Crippen LogP contribution in [0.25, 0.3) is 0 Å². The van der Waals surface area contributed by atoms with Crippen LogP contribution >= 0.6 is 0 Å². The van der Waals surface area contributed by atoms with E-state index < -0.39 is 0 Å². The van der Waals surface area contributed by atoms with Crippen LogP contribution in [0.5, 0.6) is 0 Å². The fourth-order valence-corrected chi connectivity index (χ4v) is 3.20. The Morgan fingerprint density at radius 3 is 2.47 bits per heavy atom. The number of nitrogens with two attached hydrogens (primary N) is 1. The summed E-state index contributed by atoms with van der Waals surface area (Å²) < 4.78 is 11.5. The van der Waals surface area contributed by atoms with Crippen LogP contribution in [0.15, 0.2) is 0 Å². The second-order valence-corrected chi connectivity index (χ2v) is 5.18. The van der Waals surface area contributed by atoms with Crippen molar-refractivity contribution < 1.29 is 9.47 Å². The molecule has 2 unspecified atom stereocenters. The van der Waals surface area contributed by atoms with E-state index >= 15 is 0 Å². The van der Waals surface area contributed by atoms with Crippen molar-refractivity contribution in [1.29, 1.82) is 0 Å². The summed E-state index contributed by atoms with van der Waals surface area (Å²) in [6.45, 7) is 3.69. The molecule has 2 fully saturated rings. The highest BCUT2D eigenvalue weighted by atomic mass is 16.5. The average Bonchev–Trinajstić information content (AvgIpc) is 3.00. The lowest BCUT2D eigenvalue weighted by atomic mass is 9.75. The molecule has 0 radical (unpaired) electrons. The molecule has 15 heavy (non-hydrogen) atoms. The third-order valence-electron chi connectivity index (χ3n) is 4.30. The van der Waals surface area contributed by atoms with E-state index in [2.05, 4.69) is 6.92 Å². The molecule has 3 nitrogen and oxygen atoms in total. The van der Waals surface area contributed by atoms with Gasteiger partial charge in [0.05, 0.1) is 12.2 Å². The molecule has 1 heterocycles. The van der Waals surface area contributed by atoms with Gasteiger partial charge in [-0.15, -0.1) is 0 Å². The van der Waals surface area contributed by atoms with Crippen molar-refractivity contribution in [2.75, 3.05) is 20.3 Å². The SMILES string of the molecule is COCC1(C2(C(C)N)CC2)CCCCO1. The van der Waals surface area contributed by atoms with E-state index in [9.17, 15) is 0 Å². The van der Waals surface area contributed by atoms with Crippen LogP contribution < -0.4 is 5.73 Å². The minimum Gasteiger partial charge on any atom is -0.382 e. The number of rotatable bonds is 4. The highest BCUT2D eigenvalue weighted by Gasteiger charge is 2.62. The first-order valence-corrected chi connectivity index (χ1v) is 6.05. The van der Waals surface area contributed by atoms with Crippen LogP contribution in [0.4, 0.5) is 0 Å². The highest BCUT2D eigenvalue weighted by Crippen LogP contribution is 2.60. The maximum Gasteiger partial charge on any atom is 0.0985 e. The predicted octanol–water partition coefficient (Wildman–Crippen LogP) is 1.70. The highest BCUT2D eigenvalue weighted by molar-refractivity contribution is 5.14. The van der Waals surface area contributed by atoms with Crippen molar-refractivity contribution in [3.63, 3.8) is 0 Å². The number of hydrogen-bond acceptors (Lipinski definition) is 3. The van der Waals surface area contributed by atoms with Crippen molar-refractivity contribution in [2.24, 2.45) is 11.1 Å². The molecule has 0 bridgehead atoms. The Morgan fingerprint density at radius 2 is 2.07 bits per heavy atom. The Kier molecular flexibility index (Phi) is 3.06. The summed E-state index contributed by atoms with van der Waals surface area (Å²) in [5.41, 5.74) is 6.25. The van der Waals surface area contributed by atoms with E-state index in [0.717, 1.165) is 13.0 Å². The van der Waals surface area contributed by atoms with Gasteiger partial charge in [-0.05, 0) is 39.0 Å². The minimum atomic E-state index is -0.0891. The Balaban J connectivity index is 2.17. The number of methoxy groups -OCH3 is 1. The lowest BCUT2D eigenvalue weighted by Gasteiger charge is -2.45. The zero-order chi connectivity index (χ0) is 10.9. The molecule has 2 N–H and O–H groups in total. The van der Waals surface area contributed by atoms with Gasteiger partial charge in [-0.3, -0.25) is 0 Å². The van der Waals surface area contributed by atoms with E-state index in [0.29, 0.717) is 6.61 Å². The van der Waals surface area contributed by atoms with Crippen molar-refractivity contribution in [2.45, 2.75) is 50.7 Å². The van der Waals surface area contributed by atoms with Gasteiger partial charge in [0, 0.05) is 25.2 Å². The largest absolute Gasteiger partial charge is 0.382 e. The molecule has 3 heteroatoms. The normalized spacial score (nSPS) is 36.2. The van der Waals surface area contributed by atoms with Crippen LogP contribution in [0.3, 0.4) is 0 Å². The van der Waals surface area contributed by atoms with Crippen molar-refractivity contribution in [1.82, 2.24) is 0 Å². The molecule has 2 aliphatic rings. The molecule has 0 aromatic rings. The summed E-state index contributed by atoms with van der Waals surface area (Å²) >= 11 is 0. The summed E-state index contributed by atoms with van der Waals surface area (Å²) in [6.07, 6.45) is 5.95. The molecule has 2 rings (SSSR count). The zero-order valence-corrected chi connectivity index (χ0v) is 9.92. The van der Waals surface area contributed by atoms with Crippen molar-refractivity contribution in [3.05, 3.63) is 0 Å². The van der Waals surface area contributed by atoms with Gasteiger partial charge in [-0.2, -0.15) is 0 Å². The smallest absolute Gasteiger partial charge is 0.0985 e. The van der Waals surface area contributed by atoms with Gasteiger partial charge in [0.15, 0.2) is 0 Å². The monoisotopic (exact) mass is 213 g/mol. The van der Waals surface area contributed by atoms with Crippen LogP contribution in [0.1, 0.15) is 39.0 Å². The van der Waals surface area contributed by atoms with Crippen LogP contribution in [0.2, 0.25) is 0 Å². The first-order valence-electron chi connectivity index (χ1n) is 6.05. The minimum absolute atomic E-state index is 0.0891. The Morgan fingerprint density at radius 1 is 1.33 bits per heavy atom. The number of hydrogen-bond donors (Lipinski definition) is 1. The summed E-state index contributed by atoms with van der Waals surface area (Å²) in [7, 11) is 1.76. The van der Waals surface area contributed by atoms with E-state index in [1.165, 1.54) is 25.7 Å². The molecule has 1 aliphatic heterocycles. The summed E-state index contributed by atoms with van der Waals surface area (Å²) in [6, 6.07) is 0.214. The average molecular weight is 213 g/mol. The van der Waals surface area contributed by atoms with Gasteiger partial charge in [0.2, 0.25) is 0 Å². The summed E-state index contributed by atoms with van der Waals surface area (Å²) in [5, 5.41) is 0. The Hall–Kier alpha value is -0.120. The first kappa shape index (κ1) is 11.4. The van der Waals surface area contributed by atoms with Crippen LogP contribution in [0, 0.1) is 5.41 Å². The molecule has 0 amide bonds. The molecular weight excluding hydrogens is 190 g/mol. The van der Waals surface area contributed by atoms with E-state index in [4.69, 9.17) is 15.2 Å². The molecular formula is C12H23NO2.